The Balaban J connectivity index is 2.66. The lowest BCUT2D eigenvalue weighted by atomic mass is 10.4. The molecule has 0 amide bonds. The predicted octanol–water partition coefficient (Wildman–Crippen LogP) is 2.21. The van der Waals surface area contributed by atoms with E-state index < -0.39 is 0 Å². The lowest BCUT2D eigenvalue weighted by molar-refractivity contribution is 0.115. The van der Waals surface area contributed by atoms with Gasteiger partial charge in [0.25, 0.3) is 0 Å². The Hall–Kier alpha value is -0.780. The van der Waals surface area contributed by atoms with Crippen molar-refractivity contribution in [2.45, 2.75) is 26.6 Å². The molecule has 15 heavy (non-hydrogen) atoms. The number of methoxy groups -OCH3 is 1. The van der Waals surface area contributed by atoms with Crippen molar-refractivity contribution in [3.05, 3.63) is 22.2 Å². The van der Waals surface area contributed by atoms with Gasteiger partial charge in [-0.3, -0.25) is 0 Å². The van der Waals surface area contributed by atoms with Gasteiger partial charge < -0.3 is 14.5 Å². The van der Waals surface area contributed by atoms with Crippen molar-refractivity contribution in [2.24, 2.45) is 0 Å². The molecule has 0 bridgehead atoms. The van der Waals surface area contributed by atoms with Gasteiger partial charge >= 0.3 is 0 Å². The molecular formula is C10H16N2O2S. The second-order valence-corrected chi connectivity index (χ2v) is 3.60. The van der Waals surface area contributed by atoms with Crippen LogP contribution in [0.4, 0.5) is 0 Å². The van der Waals surface area contributed by atoms with Gasteiger partial charge in [-0.2, -0.15) is 0 Å². The van der Waals surface area contributed by atoms with E-state index in [0.29, 0.717) is 17.9 Å². The summed E-state index contributed by atoms with van der Waals surface area (Å²) in [5.41, 5.74) is 0.924. The van der Waals surface area contributed by atoms with Gasteiger partial charge in [-0.15, -0.1) is 0 Å². The minimum Gasteiger partial charge on any atom is -0.378 e. The third kappa shape index (κ3) is 4.51. The molecule has 5 heteroatoms. The van der Waals surface area contributed by atoms with Crippen LogP contribution < -0.4 is 0 Å². The van der Waals surface area contributed by atoms with Crippen LogP contribution in [-0.2, 0) is 22.7 Å². The summed E-state index contributed by atoms with van der Waals surface area (Å²) in [6.07, 6.45) is 0.999. The van der Waals surface area contributed by atoms with Gasteiger partial charge in [0.05, 0.1) is 6.61 Å². The van der Waals surface area contributed by atoms with Crippen LogP contribution in [0.25, 0.3) is 0 Å². The zero-order valence-corrected chi connectivity index (χ0v) is 9.89. The number of nitrogens with one attached hydrogen (secondary N) is 1. The first kappa shape index (κ1) is 12.3. The minimum atomic E-state index is 0.467. The Bertz CT molecular complexity index is 352. The van der Waals surface area contributed by atoms with Crippen LogP contribution in [-0.4, -0.2) is 23.7 Å². The maximum Gasteiger partial charge on any atom is 0.134 e. The molecule has 4 nitrogen and oxygen atoms in total. The van der Waals surface area contributed by atoms with Gasteiger partial charge in [0.2, 0.25) is 0 Å². The average molecular weight is 228 g/mol. The summed E-state index contributed by atoms with van der Waals surface area (Å²) in [5, 5.41) is 0. The van der Waals surface area contributed by atoms with E-state index in [9.17, 15) is 0 Å². The van der Waals surface area contributed by atoms with Crippen molar-refractivity contribution in [3.63, 3.8) is 0 Å². The smallest absolute Gasteiger partial charge is 0.134 e. The van der Waals surface area contributed by atoms with Gasteiger partial charge in [0, 0.05) is 19.4 Å². The summed E-state index contributed by atoms with van der Waals surface area (Å²) < 4.78 is 11.0. The first-order valence-electron chi connectivity index (χ1n) is 4.92. The monoisotopic (exact) mass is 228 g/mol. The molecule has 1 aromatic heterocycles. The van der Waals surface area contributed by atoms with Gasteiger partial charge in [-0.05, 0) is 12.5 Å². The van der Waals surface area contributed by atoms with Crippen molar-refractivity contribution < 1.29 is 9.47 Å². The van der Waals surface area contributed by atoms with Gasteiger partial charge in [0.15, 0.2) is 0 Å². The summed E-state index contributed by atoms with van der Waals surface area (Å²) in [6.45, 7) is 3.77. The van der Waals surface area contributed by atoms with Gasteiger partial charge in [-0.1, -0.05) is 19.1 Å². The fraction of sp³-hybridized carbons (Fsp3) is 0.600. The van der Waals surface area contributed by atoms with Crippen LogP contribution in [0, 0.1) is 4.64 Å². The van der Waals surface area contributed by atoms with Crippen LogP contribution in [0.1, 0.15) is 24.9 Å². The third-order valence-electron chi connectivity index (χ3n) is 1.73. The molecule has 0 radical (unpaired) electrons. The van der Waals surface area contributed by atoms with Gasteiger partial charge in [-0.25, -0.2) is 4.98 Å². The summed E-state index contributed by atoms with van der Waals surface area (Å²) in [5.74, 6) is 0.753. The summed E-state index contributed by atoms with van der Waals surface area (Å²) in [7, 11) is 1.64. The van der Waals surface area contributed by atoms with Crippen molar-refractivity contribution >= 4 is 12.2 Å². The van der Waals surface area contributed by atoms with E-state index in [1.165, 1.54) is 0 Å². The highest BCUT2D eigenvalue weighted by atomic mass is 32.1. The molecule has 0 atom stereocenters. The molecule has 84 valence electrons. The highest BCUT2D eigenvalue weighted by molar-refractivity contribution is 7.71. The Morgan fingerprint density at radius 1 is 1.47 bits per heavy atom. The highest BCUT2D eigenvalue weighted by Gasteiger charge is 1.99. The zero-order valence-electron chi connectivity index (χ0n) is 9.08. The standard InChI is InChI=1S/C10H16N2O2S/c1-3-4-14-7-9-11-8(6-13-2)5-10(15)12-9/h5H,3-4,6-7H2,1-2H3,(H,11,12,15). The zero-order chi connectivity index (χ0) is 11.1. The van der Waals surface area contributed by atoms with Crippen LogP contribution >= 0.6 is 12.2 Å². The Labute approximate surface area is 94.6 Å². The Kier molecular flexibility index (Phi) is 5.45. The van der Waals surface area contributed by atoms with E-state index in [-0.39, 0.29) is 0 Å². The predicted molar refractivity (Wildman–Crippen MR) is 60.1 cm³/mol. The number of rotatable bonds is 6. The number of aromatic nitrogens is 2. The summed E-state index contributed by atoms with van der Waals surface area (Å²) in [4.78, 5) is 7.28. The SMILES string of the molecule is CCCOCc1nc(=S)cc(COC)[nH]1. The Morgan fingerprint density at radius 3 is 2.93 bits per heavy atom. The normalized spacial score (nSPS) is 10.5. The number of hydrogen-bond donors (Lipinski definition) is 1. The molecule has 1 N–H and O–H groups in total. The van der Waals surface area contributed by atoms with Crippen molar-refractivity contribution in [1.29, 1.82) is 0 Å². The molecule has 0 spiro atoms. The fourth-order valence-corrected chi connectivity index (χ4v) is 1.43. The van der Waals surface area contributed by atoms with Crippen molar-refractivity contribution in [3.8, 4) is 0 Å². The number of ether oxygens (including phenoxy) is 2. The highest BCUT2D eigenvalue weighted by Crippen LogP contribution is 2.01. The van der Waals surface area contributed by atoms with Crippen molar-refractivity contribution in [1.82, 2.24) is 9.97 Å². The second kappa shape index (κ2) is 6.66. The molecule has 1 rings (SSSR count). The molecule has 0 saturated heterocycles. The largest absolute Gasteiger partial charge is 0.378 e. The quantitative estimate of drug-likeness (QED) is 0.599. The van der Waals surface area contributed by atoms with E-state index in [1.54, 1.807) is 13.2 Å². The second-order valence-electron chi connectivity index (χ2n) is 3.18. The van der Waals surface area contributed by atoms with E-state index in [1.807, 2.05) is 0 Å². The first-order valence-corrected chi connectivity index (χ1v) is 5.33. The first-order chi connectivity index (χ1) is 7.26. The van der Waals surface area contributed by atoms with Crippen LogP contribution in [0.3, 0.4) is 0 Å². The number of H-pyrrole nitrogens is 1. The third-order valence-corrected chi connectivity index (χ3v) is 1.94. The topological polar surface area (TPSA) is 47.1 Å². The molecule has 0 saturated carbocycles. The summed E-state index contributed by atoms with van der Waals surface area (Å²) in [6, 6.07) is 1.79. The molecule has 0 aliphatic carbocycles. The lowest BCUT2D eigenvalue weighted by Gasteiger charge is -2.05. The number of hydrogen-bond acceptors (Lipinski definition) is 4. The van der Waals surface area contributed by atoms with E-state index in [4.69, 9.17) is 21.7 Å². The van der Waals surface area contributed by atoms with E-state index in [0.717, 1.165) is 24.5 Å². The van der Waals surface area contributed by atoms with Crippen LogP contribution in [0.2, 0.25) is 0 Å². The molecule has 0 unspecified atom stereocenters. The van der Waals surface area contributed by atoms with Crippen LogP contribution in [0.15, 0.2) is 6.07 Å². The molecule has 1 heterocycles. The molecule has 0 aromatic carbocycles. The Morgan fingerprint density at radius 2 is 2.27 bits per heavy atom. The molecule has 1 aromatic rings. The van der Waals surface area contributed by atoms with Gasteiger partial charge in [0.1, 0.15) is 17.1 Å². The van der Waals surface area contributed by atoms with Crippen molar-refractivity contribution in [2.75, 3.05) is 13.7 Å². The fourth-order valence-electron chi connectivity index (χ4n) is 1.18. The van der Waals surface area contributed by atoms with E-state index >= 15 is 0 Å². The molecular weight excluding hydrogens is 212 g/mol. The maximum absolute atomic E-state index is 5.38. The molecule has 0 aliphatic heterocycles. The average Bonchev–Trinajstić information content (AvgIpc) is 2.18. The number of aromatic amines is 1. The molecule has 0 fully saturated rings. The molecule has 0 aliphatic rings. The minimum absolute atomic E-state index is 0.467. The number of nitrogens with zero attached hydrogens (tertiary/aromatic N) is 1. The lowest BCUT2D eigenvalue weighted by Crippen LogP contribution is -2.03. The maximum atomic E-state index is 5.38. The summed E-state index contributed by atoms with van der Waals surface area (Å²) >= 11 is 5.04. The van der Waals surface area contributed by atoms with Crippen LogP contribution in [0.5, 0.6) is 0 Å². The van der Waals surface area contributed by atoms with E-state index in [2.05, 4.69) is 16.9 Å².